The first-order valence-electron chi connectivity index (χ1n) is 8.95. The minimum atomic E-state index is -0.292. The highest BCUT2D eigenvalue weighted by Crippen LogP contribution is 2.61. The number of pyridine rings is 1. The fourth-order valence-corrected chi connectivity index (χ4v) is 5.92. The summed E-state index contributed by atoms with van der Waals surface area (Å²) in [6.45, 7) is 2.14. The monoisotopic (exact) mass is 327 g/mol. The largest absolute Gasteiger partial charge is 0.352 e. The van der Waals surface area contributed by atoms with Gasteiger partial charge in [0.2, 0.25) is 11.8 Å². The van der Waals surface area contributed by atoms with Crippen LogP contribution in [0.1, 0.15) is 51.0 Å². The van der Waals surface area contributed by atoms with E-state index in [-0.39, 0.29) is 22.8 Å². The molecule has 1 aromatic rings. The lowest BCUT2D eigenvalue weighted by Gasteiger charge is -2.61. The number of rotatable bonds is 4. The van der Waals surface area contributed by atoms with E-state index in [2.05, 4.69) is 15.6 Å². The van der Waals surface area contributed by atoms with Gasteiger partial charge in [0, 0.05) is 31.4 Å². The van der Waals surface area contributed by atoms with Crippen molar-refractivity contribution in [1.82, 2.24) is 15.6 Å². The fourth-order valence-electron chi connectivity index (χ4n) is 5.92. The van der Waals surface area contributed by atoms with Gasteiger partial charge in [-0.1, -0.05) is 0 Å². The Morgan fingerprint density at radius 1 is 1.17 bits per heavy atom. The molecule has 4 fully saturated rings. The molecule has 2 atom stereocenters. The minimum absolute atomic E-state index is 0.0318. The molecule has 4 bridgehead atoms. The summed E-state index contributed by atoms with van der Waals surface area (Å²) in [5.41, 5.74) is 0.628. The Labute approximate surface area is 142 Å². The molecule has 4 saturated carbocycles. The number of nitrogens with one attached hydrogen (secondary N) is 2. The number of carbonyl (C=O) groups excluding carboxylic acids is 2. The van der Waals surface area contributed by atoms with Crippen LogP contribution in [0.5, 0.6) is 0 Å². The first kappa shape index (κ1) is 15.6. The lowest BCUT2D eigenvalue weighted by Crippen LogP contribution is -2.65. The van der Waals surface area contributed by atoms with E-state index < -0.39 is 0 Å². The van der Waals surface area contributed by atoms with Crippen LogP contribution >= 0.6 is 0 Å². The third-order valence-corrected chi connectivity index (χ3v) is 6.19. The smallest absolute Gasteiger partial charge is 0.226 e. The number of nitrogens with zero attached hydrogens (tertiary/aromatic N) is 1. The maximum absolute atomic E-state index is 13.1. The quantitative estimate of drug-likeness (QED) is 0.890. The zero-order valence-electron chi connectivity index (χ0n) is 14.2. The molecular formula is C19H25N3O2. The summed E-state index contributed by atoms with van der Waals surface area (Å²) in [6, 6.07) is 3.86. The minimum Gasteiger partial charge on any atom is -0.352 e. The van der Waals surface area contributed by atoms with Crippen LogP contribution in [0.15, 0.2) is 24.5 Å². The van der Waals surface area contributed by atoms with E-state index in [1.807, 2.05) is 12.1 Å². The van der Waals surface area contributed by atoms with Gasteiger partial charge in [0.25, 0.3) is 0 Å². The van der Waals surface area contributed by atoms with Crippen molar-refractivity contribution in [2.24, 2.45) is 17.3 Å². The Bertz CT molecular complexity index is 644. The van der Waals surface area contributed by atoms with Gasteiger partial charge in [-0.2, -0.15) is 0 Å². The molecule has 5 nitrogen and oxygen atoms in total. The van der Waals surface area contributed by atoms with Crippen LogP contribution in [0, 0.1) is 17.3 Å². The summed E-state index contributed by atoms with van der Waals surface area (Å²) in [5.74, 6) is 1.35. The van der Waals surface area contributed by atoms with Crippen molar-refractivity contribution in [2.75, 3.05) is 0 Å². The number of carbonyl (C=O) groups is 2. The summed E-state index contributed by atoms with van der Waals surface area (Å²) in [4.78, 5) is 28.8. The molecule has 0 radical (unpaired) electrons. The standard InChI is InChI=1S/C19H25N3O2/c1-13(23)22-19-9-15-6-16(10-19)8-18(7-15,12-19)17(24)21-11-14-2-4-20-5-3-14/h2-5,15-16H,6-12H2,1H3,(H,21,24)(H,22,23)/t15-,16-,18?,19?/m1/s1. The summed E-state index contributed by atoms with van der Waals surface area (Å²) in [5, 5.41) is 6.36. The molecular weight excluding hydrogens is 302 g/mol. The van der Waals surface area contributed by atoms with Crippen molar-refractivity contribution in [3.63, 3.8) is 0 Å². The van der Waals surface area contributed by atoms with Crippen molar-refractivity contribution in [2.45, 2.75) is 57.5 Å². The van der Waals surface area contributed by atoms with E-state index >= 15 is 0 Å². The Kier molecular flexibility index (Phi) is 3.62. The first-order chi connectivity index (χ1) is 11.5. The van der Waals surface area contributed by atoms with Crippen LogP contribution in [0.25, 0.3) is 0 Å². The van der Waals surface area contributed by atoms with E-state index in [9.17, 15) is 9.59 Å². The van der Waals surface area contributed by atoms with Crippen molar-refractivity contribution in [3.8, 4) is 0 Å². The third-order valence-electron chi connectivity index (χ3n) is 6.19. The molecule has 1 heterocycles. The average molecular weight is 327 g/mol. The maximum atomic E-state index is 13.1. The molecule has 0 aliphatic heterocycles. The second kappa shape index (κ2) is 5.57. The zero-order chi connectivity index (χ0) is 16.8. The maximum Gasteiger partial charge on any atom is 0.226 e. The lowest BCUT2D eigenvalue weighted by atomic mass is 9.46. The number of hydrogen-bond donors (Lipinski definition) is 2. The Hall–Kier alpha value is -1.91. The van der Waals surface area contributed by atoms with Gasteiger partial charge >= 0.3 is 0 Å². The summed E-state index contributed by atoms with van der Waals surface area (Å²) < 4.78 is 0. The molecule has 1 aromatic heterocycles. The fraction of sp³-hybridized carbons (Fsp3) is 0.632. The number of hydrogen-bond acceptors (Lipinski definition) is 3. The normalized spacial score (nSPS) is 36.4. The summed E-state index contributed by atoms with van der Waals surface area (Å²) in [6.07, 6.45) is 9.57. The van der Waals surface area contributed by atoms with E-state index in [0.717, 1.165) is 37.7 Å². The highest BCUT2D eigenvalue weighted by atomic mass is 16.2. The molecule has 5 rings (SSSR count). The van der Waals surface area contributed by atoms with Gasteiger partial charge in [-0.25, -0.2) is 0 Å². The molecule has 0 saturated heterocycles. The van der Waals surface area contributed by atoms with Gasteiger partial charge in [-0.3, -0.25) is 14.6 Å². The van der Waals surface area contributed by atoms with Crippen LogP contribution in [-0.4, -0.2) is 22.3 Å². The van der Waals surface area contributed by atoms with Crippen molar-refractivity contribution >= 4 is 11.8 Å². The van der Waals surface area contributed by atoms with Crippen LogP contribution in [0.2, 0.25) is 0 Å². The van der Waals surface area contributed by atoms with Crippen LogP contribution in [0.3, 0.4) is 0 Å². The molecule has 4 aliphatic carbocycles. The van der Waals surface area contributed by atoms with Crippen molar-refractivity contribution < 1.29 is 9.59 Å². The molecule has 0 spiro atoms. The van der Waals surface area contributed by atoms with E-state index in [1.54, 1.807) is 19.3 Å². The predicted octanol–water partition coefficient (Wildman–Crippen LogP) is 2.17. The first-order valence-corrected chi connectivity index (χ1v) is 8.95. The molecule has 128 valence electrons. The van der Waals surface area contributed by atoms with E-state index in [4.69, 9.17) is 0 Å². The molecule has 2 amide bonds. The predicted molar refractivity (Wildman–Crippen MR) is 89.7 cm³/mol. The van der Waals surface area contributed by atoms with Crippen molar-refractivity contribution in [3.05, 3.63) is 30.1 Å². The molecule has 0 unspecified atom stereocenters. The van der Waals surface area contributed by atoms with Crippen LogP contribution in [0.4, 0.5) is 0 Å². The van der Waals surface area contributed by atoms with Gasteiger partial charge in [0.05, 0.1) is 5.41 Å². The Morgan fingerprint density at radius 2 is 1.83 bits per heavy atom. The number of aromatic nitrogens is 1. The second-order valence-electron chi connectivity index (χ2n) is 8.24. The summed E-state index contributed by atoms with van der Waals surface area (Å²) >= 11 is 0. The molecule has 4 aliphatic rings. The Balaban J connectivity index is 1.51. The van der Waals surface area contributed by atoms with Gasteiger partial charge in [-0.15, -0.1) is 0 Å². The van der Waals surface area contributed by atoms with Gasteiger partial charge in [0.15, 0.2) is 0 Å². The highest BCUT2D eigenvalue weighted by Gasteiger charge is 2.60. The van der Waals surface area contributed by atoms with Crippen molar-refractivity contribution in [1.29, 1.82) is 0 Å². The third kappa shape index (κ3) is 2.70. The van der Waals surface area contributed by atoms with Crippen LogP contribution in [-0.2, 0) is 16.1 Å². The molecule has 0 aromatic carbocycles. The topological polar surface area (TPSA) is 71.1 Å². The average Bonchev–Trinajstić information content (AvgIpc) is 2.51. The van der Waals surface area contributed by atoms with E-state index in [0.29, 0.717) is 18.4 Å². The number of amides is 2. The lowest BCUT2D eigenvalue weighted by molar-refractivity contribution is -0.153. The SMILES string of the molecule is CC(=O)NC12C[C@@H]3C[C@@H](C1)CC(C(=O)NCc1ccncc1)(C3)C2. The van der Waals surface area contributed by atoms with Crippen LogP contribution < -0.4 is 10.6 Å². The van der Waals surface area contributed by atoms with E-state index in [1.165, 1.54) is 6.42 Å². The summed E-state index contributed by atoms with van der Waals surface area (Å²) in [7, 11) is 0. The van der Waals surface area contributed by atoms with Gasteiger partial charge in [0.1, 0.15) is 0 Å². The second-order valence-corrected chi connectivity index (χ2v) is 8.24. The van der Waals surface area contributed by atoms with Gasteiger partial charge in [-0.05, 0) is 68.1 Å². The van der Waals surface area contributed by atoms with Gasteiger partial charge < -0.3 is 10.6 Å². The Morgan fingerprint density at radius 3 is 2.46 bits per heavy atom. The highest BCUT2D eigenvalue weighted by molar-refractivity contribution is 5.84. The zero-order valence-corrected chi connectivity index (χ0v) is 14.2. The molecule has 2 N–H and O–H groups in total. The molecule has 5 heteroatoms. The molecule has 24 heavy (non-hydrogen) atoms.